The maximum atomic E-state index is 4.46. The van der Waals surface area contributed by atoms with Crippen LogP contribution >= 0.6 is 0 Å². The van der Waals surface area contributed by atoms with Crippen molar-refractivity contribution < 1.29 is 0 Å². The van der Waals surface area contributed by atoms with Crippen molar-refractivity contribution in [2.45, 2.75) is 26.4 Å². The number of hydrogen-bond acceptors (Lipinski definition) is 3. The van der Waals surface area contributed by atoms with E-state index in [1.54, 1.807) is 7.05 Å². The van der Waals surface area contributed by atoms with Gasteiger partial charge in [-0.15, -0.1) is 0 Å². The van der Waals surface area contributed by atoms with Gasteiger partial charge in [-0.1, -0.05) is 30.3 Å². The van der Waals surface area contributed by atoms with Crippen molar-refractivity contribution in [2.24, 2.45) is 12.0 Å². The molecular weight excluding hydrogens is 312 g/mol. The minimum atomic E-state index is 0.279. The maximum absolute atomic E-state index is 4.46. The van der Waals surface area contributed by atoms with Gasteiger partial charge < -0.3 is 15.5 Å². The Labute approximate surface area is 151 Å². The highest BCUT2D eigenvalue weighted by atomic mass is 15.3. The second kappa shape index (κ2) is 8.67. The molecule has 0 bridgehead atoms. The number of aromatic nitrogens is 2. The Morgan fingerprint density at radius 3 is 2.40 bits per heavy atom. The number of rotatable bonds is 6. The van der Waals surface area contributed by atoms with E-state index in [-0.39, 0.29) is 6.04 Å². The van der Waals surface area contributed by atoms with E-state index in [1.165, 1.54) is 16.8 Å². The summed E-state index contributed by atoms with van der Waals surface area (Å²) in [4.78, 5) is 6.56. The van der Waals surface area contributed by atoms with Gasteiger partial charge in [-0.3, -0.25) is 9.67 Å². The van der Waals surface area contributed by atoms with Crippen LogP contribution in [-0.4, -0.2) is 48.3 Å². The van der Waals surface area contributed by atoms with E-state index in [0.717, 1.165) is 18.2 Å². The Bertz CT molecular complexity index is 702. The molecule has 0 saturated heterocycles. The molecule has 136 valence electrons. The molecule has 1 unspecified atom stereocenters. The summed E-state index contributed by atoms with van der Waals surface area (Å²) in [6.07, 6.45) is 0. The van der Waals surface area contributed by atoms with E-state index < -0.39 is 0 Å². The van der Waals surface area contributed by atoms with Crippen molar-refractivity contribution in [3.05, 3.63) is 52.8 Å². The lowest BCUT2D eigenvalue weighted by molar-refractivity contribution is 0.298. The molecule has 2 rings (SSSR count). The molecular formula is C19H30N6. The van der Waals surface area contributed by atoms with E-state index in [1.807, 2.05) is 24.7 Å². The number of nitrogens with zero attached hydrogens (tertiary/aromatic N) is 4. The normalized spacial score (nSPS) is 13.2. The zero-order valence-corrected chi connectivity index (χ0v) is 16.2. The third-order valence-electron chi connectivity index (χ3n) is 4.59. The molecule has 25 heavy (non-hydrogen) atoms. The Morgan fingerprint density at radius 2 is 1.88 bits per heavy atom. The van der Waals surface area contributed by atoms with Crippen molar-refractivity contribution in [3.63, 3.8) is 0 Å². The third-order valence-corrected chi connectivity index (χ3v) is 4.59. The van der Waals surface area contributed by atoms with Crippen molar-refractivity contribution in [2.75, 3.05) is 27.7 Å². The average molecular weight is 342 g/mol. The fourth-order valence-electron chi connectivity index (χ4n) is 2.93. The van der Waals surface area contributed by atoms with Crippen molar-refractivity contribution in [3.8, 4) is 0 Å². The summed E-state index contributed by atoms with van der Waals surface area (Å²) in [6.45, 7) is 5.62. The standard InChI is InChI=1S/C19H30N6/c1-14-17(15(2)25(6)23-14)12-21-19(20-3)22-13-18(24(4)5)16-10-8-7-9-11-16/h7-11,18H,12-13H2,1-6H3,(H2,20,21,22). The summed E-state index contributed by atoms with van der Waals surface area (Å²) in [6, 6.07) is 10.8. The van der Waals surface area contributed by atoms with Crippen LogP contribution in [0.3, 0.4) is 0 Å². The second-order valence-corrected chi connectivity index (χ2v) is 6.47. The molecule has 0 amide bonds. The molecule has 6 heteroatoms. The highest BCUT2D eigenvalue weighted by molar-refractivity contribution is 5.79. The van der Waals surface area contributed by atoms with Crippen LogP contribution in [0.25, 0.3) is 0 Å². The Balaban J connectivity index is 1.97. The number of nitrogens with one attached hydrogen (secondary N) is 2. The van der Waals surface area contributed by atoms with Crippen molar-refractivity contribution >= 4 is 5.96 Å². The number of aliphatic imine (C=N–C) groups is 1. The van der Waals surface area contributed by atoms with Crippen LogP contribution in [0.1, 0.15) is 28.6 Å². The van der Waals surface area contributed by atoms with Crippen LogP contribution in [0.2, 0.25) is 0 Å². The number of likely N-dealkylation sites (N-methyl/N-ethyl adjacent to an activating group) is 1. The first-order valence-electron chi connectivity index (χ1n) is 8.59. The summed E-state index contributed by atoms with van der Waals surface area (Å²) in [5.41, 5.74) is 4.74. The summed E-state index contributed by atoms with van der Waals surface area (Å²) < 4.78 is 1.92. The highest BCUT2D eigenvalue weighted by Crippen LogP contribution is 2.16. The molecule has 0 aliphatic carbocycles. The van der Waals surface area contributed by atoms with E-state index >= 15 is 0 Å². The number of aryl methyl sites for hydroxylation is 2. The average Bonchev–Trinajstić information content (AvgIpc) is 2.84. The lowest BCUT2D eigenvalue weighted by Crippen LogP contribution is -2.41. The second-order valence-electron chi connectivity index (χ2n) is 6.47. The van der Waals surface area contributed by atoms with Gasteiger partial charge in [0.1, 0.15) is 0 Å². The molecule has 1 atom stereocenters. The van der Waals surface area contributed by atoms with Crippen LogP contribution in [-0.2, 0) is 13.6 Å². The van der Waals surface area contributed by atoms with Crippen LogP contribution in [0.15, 0.2) is 35.3 Å². The molecule has 0 aliphatic heterocycles. The Morgan fingerprint density at radius 1 is 1.20 bits per heavy atom. The molecule has 2 aromatic rings. The van der Waals surface area contributed by atoms with E-state index in [9.17, 15) is 0 Å². The molecule has 1 aromatic heterocycles. The largest absolute Gasteiger partial charge is 0.354 e. The van der Waals surface area contributed by atoms with E-state index in [0.29, 0.717) is 6.54 Å². The lowest BCUT2D eigenvalue weighted by Gasteiger charge is -2.26. The van der Waals surface area contributed by atoms with Gasteiger partial charge in [0.15, 0.2) is 5.96 Å². The molecule has 2 N–H and O–H groups in total. The van der Waals surface area contributed by atoms with Crippen molar-refractivity contribution in [1.29, 1.82) is 0 Å². The van der Waals surface area contributed by atoms with Gasteiger partial charge >= 0.3 is 0 Å². The minimum Gasteiger partial charge on any atom is -0.354 e. The lowest BCUT2D eigenvalue weighted by atomic mass is 10.1. The Hall–Kier alpha value is -2.34. The van der Waals surface area contributed by atoms with Crippen LogP contribution in [0, 0.1) is 13.8 Å². The first kappa shape index (κ1) is 19.0. The molecule has 0 spiro atoms. The Kier molecular flexibility index (Phi) is 6.58. The molecule has 1 heterocycles. The number of benzene rings is 1. The summed E-state index contributed by atoms with van der Waals surface area (Å²) in [7, 11) is 7.96. The molecule has 0 saturated carbocycles. The summed E-state index contributed by atoms with van der Waals surface area (Å²) in [5.74, 6) is 0.797. The minimum absolute atomic E-state index is 0.279. The van der Waals surface area contributed by atoms with Gasteiger partial charge in [-0.2, -0.15) is 5.10 Å². The van der Waals surface area contributed by atoms with E-state index in [2.05, 4.69) is 70.9 Å². The molecule has 0 radical (unpaired) electrons. The number of guanidine groups is 1. The van der Waals surface area contributed by atoms with Gasteiger partial charge in [-0.05, 0) is 33.5 Å². The van der Waals surface area contributed by atoms with Gasteiger partial charge in [0.25, 0.3) is 0 Å². The van der Waals surface area contributed by atoms with Crippen LogP contribution in [0.4, 0.5) is 0 Å². The highest BCUT2D eigenvalue weighted by Gasteiger charge is 2.15. The fraction of sp³-hybridized carbons (Fsp3) is 0.474. The molecule has 1 aromatic carbocycles. The smallest absolute Gasteiger partial charge is 0.191 e. The first-order chi connectivity index (χ1) is 11.9. The zero-order valence-electron chi connectivity index (χ0n) is 16.2. The predicted molar refractivity (Wildman–Crippen MR) is 104 cm³/mol. The third kappa shape index (κ3) is 4.82. The predicted octanol–water partition coefficient (Wildman–Crippen LogP) is 2.00. The SMILES string of the molecule is CN=C(NCc1c(C)nn(C)c1C)NCC(c1ccccc1)N(C)C. The fourth-order valence-corrected chi connectivity index (χ4v) is 2.93. The van der Waals surface area contributed by atoms with Crippen molar-refractivity contribution in [1.82, 2.24) is 25.3 Å². The zero-order chi connectivity index (χ0) is 18.4. The van der Waals surface area contributed by atoms with Gasteiger partial charge in [-0.25, -0.2) is 0 Å². The van der Waals surface area contributed by atoms with Gasteiger partial charge in [0, 0.05) is 38.4 Å². The quantitative estimate of drug-likeness (QED) is 0.623. The summed E-state index contributed by atoms with van der Waals surface area (Å²) in [5, 5.41) is 11.3. The first-order valence-corrected chi connectivity index (χ1v) is 8.59. The van der Waals surface area contributed by atoms with Crippen LogP contribution < -0.4 is 10.6 Å². The van der Waals surface area contributed by atoms with Gasteiger partial charge in [0.05, 0.1) is 11.7 Å². The topological polar surface area (TPSA) is 57.5 Å². The maximum Gasteiger partial charge on any atom is 0.191 e. The summed E-state index contributed by atoms with van der Waals surface area (Å²) >= 11 is 0. The molecule has 0 fully saturated rings. The molecule has 0 aliphatic rings. The van der Waals surface area contributed by atoms with E-state index in [4.69, 9.17) is 0 Å². The van der Waals surface area contributed by atoms with Crippen LogP contribution in [0.5, 0.6) is 0 Å². The monoisotopic (exact) mass is 342 g/mol. The van der Waals surface area contributed by atoms with Gasteiger partial charge in [0.2, 0.25) is 0 Å². The number of hydrogen-bond donors (Lipinski definition) is 2. The molecule has 6 nitrogen and oxygen atoms in total.